The number of anilines is 1. The molecule has 1 aliphatic heterocycles. The molecular weight excluding hydrogens is 228 g/mol. The molecule has 0 saturated carbocycles. The normalized spacial score (nSPS) is 16.8. The Balaban J connectivity index is 1.95. The van der Waals surface area contributed by atoms with Crippen molar-refractivity contribution in [2.75, 3.05) is 31.7 Å². The van der Waals surface area contributed by atoms with Crippen molar-refractivity contribution < 1.29 is 4.74 Å². The van der Waals surface area contributed by atoms with E-state index in [1.54, 1.807) is 13.3 Å². The number of aromatic nitrogens is 1. The molecule has 0 atom stereocenters. The van der Waals surface area contributed by atoms with E-state index >= 15 is 0 Å². The first-order valence-corrected chi connectivity index (χ1v) is 6.25. The average molecular weight is 248 g/mol. The summed E-state index contributed by atoms with van der Waals surface area (Å²) in [6, 6.07) is 3.79. The molecule has 18 heavy (non-hydrogen) atoms. The molecule has 1 aromatic heterocycles. The number of pyridine rings is 1. The number of hydrogen-bond donors (Lipinski definition) is 2. The summed E-state index contributed by atoms with van der Waals surface area (Å²) in [5.41, 5.74) is 6.08. The van der Waals surface area contributed by atoms with Gasteiger partial charge in [-0.15, -0.1) is 0 Å². The van der Waals surface area contributed by atoms with Crippen molar-refractivity contribution in [3.05, 3.63) is 23.9 Å². The van der Waals surface area contributed by atoms with Crippen molar-refractivity contribution in [3.63, 3.8) is 0 Å². The molecule has 0 radical (unpaired) electrons. The number of rotatable bonds is 4. The highest BCUT2D eigenvalue weighted by molar-refractivity contribution is 5.94. The summed E-state index contributed by atoms with van der Waals surface area (Å²) >= 11 is 0. The molecule has 5 heteroatoms. The lowest BCUT2D eigenvalue weighted by Gasteiger charge is -2.32. The molecule has 1 saturated heterocycles. The van der Waals surface area contributed by atoms with E-state index in [4.69, 9.17) is 15.9 Å². The van der Waals surface area contributed by atoms with Crippen LogP contribution in [0.5, 0.6) is 0 Å². The van der Waals surface area contributed by atoms with Crippen LogP contribution < -0.4 is 10.6 Å². The molecule has 0 aliphatic carbocycles. The van der Waals surface area contributed by atoms with Gasteiger partial charge in [0, 0.05) is 38.6 Å². The number of hydrogen-bond acceptors (Lipinski definition) is 4. The van der Waals surface area contributed by atoms with Crippen molar-refractivity contribution >= 4 is 11.7 Å². The number of nitrogens with one attached hydrogen (secondary N) is 1. The van der Waals surface area contributed by atoms with Crippen LogP contribution in [0.3, 0.4) is 0 Å². The fourth-order valence-corrected chi connectivity index (χ4v) is 2.30. The molecule has 2 rings (SSSR count). The van der Waals surface area contributed by atoms with Crippen LogP contribution in [0.1, 0.15) is 18.4 Å². The van der Waals surface area contributed by atoms with Gasteiger partial charge in [-0.2, -0.15) is 0 Å². The molecule has 5 nitrogen and oxygen atoms in total. The summed E-state index contributed by atoms with van der Waals surface area (Å²) in [6.07, 6.45) is 3.95. The van der Waals surface area contributed by atoms with Gasteiger partial charge in [0.15, 0.2) is 0 Å². The Hall–Kier alpha value is -1.62. The summed E-state index contributed by atoms with van der Waals surface area (Å²) in [6.45, 7) is 2.88. The van der Waals surface area contributed by atoms with Crippen LogP contribution in [0.4, 0.5) is 5.82 Å². The zero-order valence-corrected chi connectivity index (χ0v) is 10.7. The van der Waals surface area contributed by atoms with Crippen LogP contribution in [0.2, 0.25) is 0 Å². The highest BCUT2D eigenvalue weighted by Crippen LogP contribution is 2.21. The van der Waals surface area contributed by atoms with Gasteiger partial charge in [0.25, 0.3) is 0 Å². The Morgan fingerprint density at radius 2 is 2.22 bits per heavy atom. The molecule has 1 aliphatic rings. The number of nitrogen functional groups attached to an aromatic ring is 1. The summed E-state index contributed by atoms with van der Waals surface area (Å²) in [5.74, 6) is 1.70. The number of piperidine rings is 1. The molecule has 0 aromatic carbocycles. The Morgan fingerprint density at radius 3 is 2.72 bits per heavy atom. The maximum absolute atomic E-state index is 7.33. The molecule has 3 N–H and O–H groups in total. The first-order valence-electron chi connectivity index (χ1n) is 6.25. The van der Waals surface area contributed by atoms with E-state index < -0.39 is 0 Å². The van der Waals surface area contributed by atoms with Crippen LogP contribution in [0, 0.1) is 11.3 Å². The van der Waals surface area contributed by atoms with Crippen molar-refractivity contribution in [2.24, 2.45) is 11.7 Å². The Labute approximate surface area is 107 Å². The second-order valence-corrected chi connectivity index (χ2v) is 4.70. The lowest BCUT2D eigenvalue weighted by molar-refractivity contribution is 0.139. The van der Waals surface area contributed by atoms with Gasteiger partial charge in [-0.05, 0) is 30.9 Å². The van der Waals surface area contributed by atoms with Crippen LogP contribution in [-0.4, -0.2) is 37.6 Å². The second-order valence-electron chi connectivity index (χ2n) is 4.70. The monoisotopic (exact) mass is 248 g/mol. The second kappa shape index (κ2) is 5.82. The Kier molecular flexibility index (Phi) is 4.15. The summed E-state index contributed by atoms with van der Waals surface area (Å²) in [4.78, 5) is 6.64. The highest BCUT2D eigenvalue weighted by atomic mass is 16.5. The minimum absolute atomic E-state index is 0.0628. The summed E-state index contributed by atoms with van der Waals surface area (Å²) < 4.78 is 5.19. The minimum Gasteiger partial charge on any atom is -0.384 e. The molecule has 0 unspecified atom stereocenters. The minimum atomic E-state index is 0.0628. The van der Waals surface area contributed by atoms with Gasteiger partial charge in [0.05, 0.1) is 0 Å². The standard InChI is InChI=1S/C13H20N4O/c1-18-9-10-4-6-17(7-5-10)12-3-2-11(8-16-12)13(14)15/h2-3,8,10H,4-7,9H2,1H3,(H3,14,15). The van der Waals surface area contributed by atoms with Crippen molar-refractivity contribution in [3.8, 4) is 0 Å². The summed E-state index contributed by atoms with van der Waals surface area (Å²) in [7, 11) is 1.76. The molecule has 0 spiro atoms. The van der Waals surface area contributed by atoms with E-state index in [-0.39, 0.29) is 5.84 Å². The van der Waals surface area contributed by atoms with E-state index in [2.05, 4.69) is 9.88 Å². The Bertz CT molecular complexity index is 396. The first-order chi connectivity index (χ1) is 8.70. The first kappa shape index (κ1) is 12.8. The quantitative estimate of drug-likeness (QED) is 0.620. The molecule has 1 fully saturated rings. The van der Waals surface area contributed by atoms with Crippen molar-refractivity contribution in [2.45, 2.75) is 12.8 Å². The van der Waals surface area contributed by atoms with Crippen molar-refractivity contribution in [1.29, 1.82) is 5.41 Å². The Morgan fingerprint density at radius 1 is 1.50 bits per heavy atom. The highest BCUT2D eigenvalue weighted by Gasteiger charge is 2.19. The van der Waals surface area contributed by atoms with Gasteiger partial charge in [-0.3, -0.25) is 5.41 Å². The fourth-order valence-electron chi connectivity index (χ4n) is 2.30. The third kappa shape index (κ3) is 2.98. The summed E-state index contributed by atoms with van der Waals surface area (Å²) in [5, 5.41) is 7.33. The number of nitrogens with two attached hydrogens (primary N) is 1. The molecule has 98 valence electrons. The fraction of sp³-hybridized carbons (Fsp3) is 0.538. The van der Waals surface area contributed by atoms with E-state index in [1.807, 2.05) is 12.1 Å². The van der Waals surface area contributed by atoms with Gasteiger partial charge < -0.3 is 15.4 Å². The smallest absolute Gasteiger partial charge is 0.128 e. The topological polar surface area (TPSA) is 75.2 Å². The zero-order valence-electron chi connectivity index (χ0n) is 10.7. The predicted molar refractivity (Wildman–Crippen MR) is 72.1 cm³/mol. The largest absolute Gasteiger partial charge is 0.384 e. The van der Waals surface area contributed by atoms with Crippen LogP contribution >= 0.6 is 0 Å². The maximum atomic E-state index is 7.33. The molecule has 0 amide bonds. The van der Waals surface area contributed by atoms with E-state index in [9.17, 15) is 0 Å². The molecular formula is C13H20N4O. The average Bonchev–Trinajstić information content (AvgIpc) is 2.40. The van der Waals surface area contributed by atoms with E-state index in [1.165, 1.54) is 0 Å². The van der Waals surface area contributed by atoms with Gasteiger partial charge in [0.2, 0.25) is 0 Å². The third-order valence-corrected chi connectivity index (χ3v) is 3.40. The SMILES string of the molecule is COCC1CCN(c2ccc(C(=N)N)cn2)CC1. The molecule has 1 aromatic rings. The lowest BCUT2D eigenvalue weighted by atomic mass is 9.98. The third-order valence-electron chi connectivity index (χ3n) is 3.40. The van der Waals surface area contributed by atoms with E-state index in [0.29, 0.717) is 11.5 Å². The van der Waals surface area contributed by atoms with Gasteiger partial charge in [-0.1, -0.05) is 0 Å². The van der Waals surface area contributed by atoms with Gasteiger partial charge in [-0.25, -0.2) is 4.98 Å². The lowest BCUT2D eigenvalue weighted by Crippen LogP contribution is -2.35. The van der Waals surface area contributed by atoms with Crippen LogP contribution in [0.15, 0.2) is 18.3 Å². The number of ether oxygens (including phenoxy) is 1. The zero-order chi connectivity index (χ0) is 13.0. The van der Waals surface area contributed by atoms with Gasteiger partial charge in [0.1, 0.15) is 11.7 Å². The number of amidine groups is 1. The van der Waals surface area contributed by atoms with Crippen LogP contribution in [0.25, 0.3) is 0 Å². The van der Waals surface area contributed by atoms with Gasteiger partial charge >= 0.3 is 0 Å². The van der Waals surface area contributed by atoms with Crippen molar-refractivity contribution in [1.82, 2.24) is 4.98 Å². The maximum Gasteiger partial charge on any atom is 0.128 e. The number of methoxy groups -OCH3 is 1. The van der Waals surface area contributed by atoms with E-state index in [0.717, 1.165) is 38.4 Å². The van der Waals surface area contributed by atoms with Crippen LogP contribution in [-0.2, 0) is 4.74 Å². The molecule has 2 heterocycles. The molecule has 0 bridgehead atoms. The number of nitrogens with zero attached hydrogens (tertiary/aromatic N) is 2. The predicted octanol–water partition coefficient (Wildman–Crippen LogP) is 1.23.